The molecule has 0 unspecified atom stereocenters. The van der Waals surface area contributed by atoms with Gasteiger partial charge in [0.05, 0.1) is 11.8 Å². The summed E-state index contributed by atoms with van der Waals surface area (Å²) in [5.41, 5.74) is 1.00. The third-order valence-electron chi connectivity index (χ3n) is 5.04. The predicted molar refractivity (Wildman–Crippen MR) is 111 cm³/mol. The normalized spacial score (nSPS) is 15.5. The molecule has 0 radical (unpaired) electrons. The van der Waals surface area contributed by atoms with Crippen LogP contribution in [0.1, 0.15) is 50.6 Å². The van der Waals surface area contributed by atoms with E-state index in [1.54, 1.807) is 4.57 Å². The molecule has 1 amide bonds. The summed E-state index contributed by atoms with van der Waals surface area (Å²) in [7, 11) is 0. The van der Waals surface area contributed by atoms with Crippen LogP contribution in [0.15, 0.2) is 46.3 Å². The quantitative estimate of drug-likeness (QED) is 0.524. The average Bonchev–Trinajstić information content (AvgIpc) is 3.19. The number of carbonyl (C=O) groups excluding carboxylic acids is 1. The molecule has 1 aliphatic carbocycles. The van der Waals surface area contributed by atoms with Gasteiger partial charge in [-0.05, 0) is 38.2 Å². The number of aromatic hydroxyl groups is 1. The number of nitrogens with zero attached hydrogens (tertiary/aromatic N) is 2. The fraction of sp³-hybridized carbons (Fsp3) is 0.476. The van der Waals surface area contributed by atoms with E-state index in [1.165, 1.54) is 17.3 Å². The monoisotopic (exact) mass is 401 g/mol. The second-order valence-electron chi connectivity index (χ2n) is 7.32. The Morgan fingerprint density at radius 2 is 2.04 bits per heavy atom. The number of hydrogen-bond donors (Lipinski definition) is 2. The molecule has 1 aromatic heterocycles. The number of aryl methyl sites for hydroxylation is 1. The predicted octanol–water partition coefficient (Wildman–Crippen LogP) is 3.29. The van der Waals surface area contributed by atoms with Crippen LogP contribution in [0.4, 0.5) is 0 Å². The summed E-state index contributed by atoms with van der Waals surface area (Å²) in [6.45, 7) is 1.99. The first kappa shape index (κ1) is 20.5. The Hall–Kier alpha value is -2.28. The van der Waals surface area contributed by atoms with Gasteiger partial charge in [-0.25, -0.2) is 0 Å². The highest BCUT2D eigenvalue weighted by Gasteiger charge is 2.22. The lowest BCUT2D eigenvalue weighted by Gasteiger charge is -2.18. The van der Waals surface area contributed by atoms with E-state index in [0.717, 1.165) is 44.6 Å². The van der Waals surface area contributed by atoms with Crippen molar-refractivity contribution in [1.82, 2.24) is 14.9 Å². The molecule has 1 aromatic carbocycles. The van der Waals surface area contributed by atoms with E-state index in [4.69, 9.17) is 0 Å². The average molecular weight is 402 g/mol. The highest BCUT2D eigenvalue weighted by atomic mass is 32.2. The maximum absolute atomic E-state index is 12.3. The van der Waals surface area contributed by atoms with Crippen LogP contribution < -0.4 is 10.9 Å². The number of thioether (sulfide) groups is 1. The minimum atomic E-state index is -0.293. The SMILES string of the molecule is C[C@H](CCc1ccccc1)NC(=O)CSc1nc(O)cc(=O)n1C1CCCC1. The molecule has 0 aliphatic heterocycles. The Labute approximate surface area is 169 Å². The van der Waals surface area contributed by atoms with Crippen molar-refractivity contribution in [3.8, 4) is 5.88 Å². The van der Waals surface area contributed by atoms with Crippen molar-refractivity contribution in [1.29, 1.82) is 0 Å². The lowest BCUT2D eigenvalue weighted by atomic mass is 10.1. The molecule has 1 aliphatic rings. The zero-order valence-electron chi connectivity index (χ0n) is 16.1. The number of rotatable bonds is 8. The maximum Gasteiger partial charge on any atom is 0.258 e. The van der Waals surface area contributed by atoms with Crippen molar-refractivity contribution in [2.24, 2.45) is 0 Å². The number of amides is 1. The number of nitrogens with one attached hydrogen (secondary N) is 1. The molecule has 28 heavy (non-hydrogen) atoms. The molecule has 6 nitrogen and oxygen atoms in total. The van der Waals surface area contributed by atoms with Crippen LogP contribution >= 0.6 is 11.8 Å². The molecule has 0 bridgehead atoms. The van der Waals surface area contributed by atoms with E-state index in [9.17, 15) is 14.7 Å². The number of benzene rings is 1. The van der Waals surface area contributed by atoms with E-state index >= 15 is 0 Å². The summed E-state index contributed by atoms with van der Waals surface area (Å²) in [6.07, 6.45) is 5.80. The van der Waals surface area contributed by atoms with Gasteiger partial charge >= 0.3 is 0 Å². The Balaban J connectivity index is 1.54. The highest BCUT2D eigenvalue weighted by Crippen LogP contribution is 2.31. The fourth-order valence-electron chi connectivity index (χ4n) is 3.61. The molecule has 3 rings (SSSR count). The summed E-state index contributed by atoms with van der Waals surface area (Å²) in [6, 6.07) is 11.5. The van der Waals surface area contributed by atoms with Crippen molar-refractivity contribution in [3.63, 3.8) is 0 Å². The largest absolute Gasteiger partial charge is 0.493 e. The van der Waals surface area contributed by atoms with Crippen molar-refractivity contribution in [3.05, 3.63) is 52.3 Å². The third kappa shape index (κ3) is 5.61. The minimum Gasteiger partial charge on any atom is -0.493 e. The summed E-state index contributed by atoms with van der Waals surface area (Å²) in [5.74, 6) is -0.224. The summed E-state index contributed by atoms with van der Waals surface area (Å²) >= 11 is 1.21. The number of carbonyl (C=O) groups is 1. The van der Waals surface area contributed by atoms with Gasteiger partial charge in [-0.2, -0.15) is 4.98 Å². The molecule has 0 saturated heterocycles. The van der Waals surface area contributed by atoms with E-state index < -0.39 is 0 Å². The van der Waals surface area contributed by atoms with Crippen molar-refractivity contribution >= 4 is 17.7 Å². The van der Waals surface area contributed by atoms with Gasteiger partial charge in [0.15, 0.2) is 5.16 Å². The Morgan fingerprint density at radius 3 is 2.75 bits per heavy atom. The van der Waals surface area contributed by atoms with E-state index in [1.807, 2.05) is 25.1 Å². The number of hydrogen-bond acceptors (Lipinski definition) is 5. The van der Waals surface area contributed by atoms with Crippen LogP contribution in [0.25, 0.3) is 0 Å². The molecular weight excluding hydrogens is 374 g/mol. The van der Waals surface area contributed by atoms with Crippen LogP contribution in [0.2, 0.25) is 0 Å². The number of aromatic nitrogens is 2. The lowest BCUT2D eigenvalue weighted by Crippen LogP contribution is -2.34. The van der Waals surface area contributed by atoms with E-state index in [-0.39, 0.29) is 35.2 Å². The highest BCUT2D eigenvalue weighted by molar-refractivity contribution is 7.99. The Morgan fingerprint density at radius 1 is 1.32 bits per heavy atom. The Bertz CT molecular complexity index is 848. The van der Waals surface area contributed by atoms with Gasteiger partial charge in [-0.15, -0.1) is 0 Å². The van der Waals surface area contributed by atoms with Crippen LogP contribution in [-0.2, 0) is 11.2 Å². The molecule has 0 spiro atoms. The first-order valence-electron chi connectivity index (χ1n) is 9.81. The molecule has 1 atom stereocenters. The summed E-state index contributed by atoms with van der Waals surface area (Å²) < 4.78 is 1.64. The zero-order chi connectivity index (χ0) is 19.9. The molecule has 150 valence electrons. The van der Waals surface area contributed by atoms with Crippen molar-refractivity contribution in [2.45, 2.75) is 62.7 Å². The smallest absolute Gasteiger partial charge is 0.258 e. The topological polar surface area (TPSA) is 84.2 Å². The van der Waals surface area contributed by atoms with E-state index in [2.05, 4.69) is 22.4 Å². The molecule has 1 fully saturated rings. The standard InChI is InChI=1S/C21H27N3O3S/c1-15(11-12-16-7-3-2-4-8-16)22-19(26)14-28-21-23-18(25)13-20(27)24(21)17-9-5-6-10-17/h2-4,7-8,13,15,17,25H,5-6,9-12,14H2,1H3,(H,22,26)/t15-/m1/s1. The van der Waals surface area contributed by atoms with Gasteiger partial charge in [-0.3, -0.25) is 14.2 Å². The van der Waals surface area contributed by atoms with Gasteiger partial charge in [0.25, 0.3) is 5.56 Å². The summed E-state index contributed by atoms with van der Waals surface area (Å²) in [5, 5.41) is 13.1. The molecule has 1 saturated carbocycles. The van der Waals surface area contributed by atoms with Gasteiger partial charge in [0.1, 0.15) is 0 Å². The molecular formula is C21H27N3O3S. The van der Waals surface area contributed by atoms with Crippen LogP contribution in [0.3, 0.4) is 0 Å². The van der Waals surface area contributed by atoms with Crippen molar-refractivity contribution < 1.29 is 9.90 Å². The second kappa shape index (κ2) is 9.78. The molecule has 2 aromatic rings. The van der Waals surface area contributed by atoms with Gasteiger partial charge < -0.3 is 10.4 Å². The van der Waals surface area contributed by atoms with Gasteiger partial charge in [-0.1, -0.05) is 54.9 Å². The Kier molecular flexibility index (Phi) is 7.14. The van der Waals surface area contributed by atoms with E-state index in [0.29, 0.717) is 5.16 Å². The first-order valence-corrected chi connectivity index (χ1v) is 10.8. The lowest BCUT2D eigenvalue weighted by molar-refractivity contribution is -0.119. The molecule has 2 N–H and O–H groups in total. The minimum absolute atomic E-state index is 0.0578. The van der Waals surface area contributed by atoms with Gasteiger partial charge in [0, 0.05) is 12.1 Å². The molecule has 7 heteroatoms. The molecule has 1 heterocycles. The van der Waals surface area contributed by atoms with Crippen LogP contribution in [0.5, 0.6) is 5.88 Å². The zero-order valence-corrected chi connectivity index (χ0v) is 17.0. The maximum atomic E-state index is 12.3. The fourth-order valence-corrected chi connectivity index (χ4v) is 4.49. The first-order chi connectivity index (χ1) is 13.5. The van der Waals surface area contributed by atoms with Crippen molar-refractivity contribution in [2.75, 3.05) is 5.75 Å². The van der Waals surface area contributed by atoms with Crippen LogP contribution in [0, 0.1) is 0 Å². The van der Waals surface area contributed by atoms with Gasteiger partial charge in [0.2, 0.25) is 11.8 Å². The second-order valence-corrected chi connectivity index (χ2v) is 8.27. The van der Waals surface area contributed by atoms with Crippen LogP contribution in [-0.4, -0.2) is 32.4 Å². The third-order valence-corrected chi connectivity index (χ3v) is 6.00. The summed E-state index contributed by atoms with van der Waals surface area (Å²) in [4.78, 5) is 28.8.